The minimum Gasteiger partial charge on any atom is -0.508 e. The van der Waals surface area contributed by atoms with Gasteiger partial charge in [-0.05, 0) is 46.9 Å². The van der Waals surface area contributed by atoms with Crippen LogP contribution in [0.15, 0.2) is 18.2 Å². The van der Waals surface area contributed by atoms with Crippen LogP contribution in [0.3, 0.4) is 0 Å². The van der Waals surface area contributed by atoms with Crippen molar-refractivity contribution in [2.24, 2.45) is 16.7 Å². The van der Waals surface area contributed by atoms with Crippen molar-refractivity contribution in [2.75, 3.05) is 0 Å². The predicted octanol–water partition coefficient (Wildman–Crippen LogP) is 4.34. The molecule has 3 heteroatoms. The molecule has 0 aliphatic rings. The highest BCUT2D eigenvalue weighted by Crippen LogP contribution is 2.43. The fourth-order valence-electron chi connectivity index (χ4n) is 3.01. The van der Waals surface area contributed by atoms with Crippen molar-refractivity contribution < 1.29 is 15.0 Å². The summed E-state index contributed by atoms with van der Waals surface area (Å²) in [6.07, 6.45) is 0.667. The molecule has 0 spiro atoms. The minimum atomic E-state index is -0.964. The van der Waals surface area contributed by atoms with E-state index in [0.29, 0.717) is 17.9 Å². The van der Waals surface area contributed by atoms with Gasteiger partial charge < -0.3 is 10.2 Å². The minimum absolute atomic E-state index is 0.0733. The van der Waals surface area contributed by atoms with Crippen LogP contribution in [0.5, 0.6) is 5.75 Å². The van der Waals surface area contributed by atoms with Crippen LogP contribution in [0.25, 0.3) is 0 Å². The van der Waals surface area contributed by atoms with Gasteiger partial charge in [0.05, 0.1) is 5.56 Å². The van der Waals surface area contributed by atoms with Crippen LogP contribution in [-0.4, -0.2) is 16.2 Å². The van der Waals surface area contributed by atoms with E-state index in [1.54, 1.807) is 6.07 Å². The number of carboxylic acid groups (broad SMARTS) is 1. The topological polar surface area (TPSA) is 57.5 Å². The second-order valence-electron chi connectivity index (χ2n) is 7.64. The molecule has 3 nitrogen and oxygen atoms in total. The average Bonchev–Trinajstić information content (AvgIpc) is 2.24. The average molecular weight is 278 g/mol. The van der Waals surface area contributed by atoms with Crippen molar-refractivity contribution in [3.63, 3.8) is 0 Å². The number of aromatic hydroxyl groups is 1. The highest BCUT2D eigenvalue weighted by molar-refractivity contribution is 5.88. The van der Waals surface area contributed by atoms with Gasteiger partial charge in [-0.1, -0.05) is 41.5 Å². The summed E-state index contributed by atoms with van der Waals surface area (Å²) in [6, 6.07) is 4.49. The monoisotopic (exact) mass is 278 g/mol. The third kappa shape index (κ3) is 3.99. The Hall–Kier alpha value is -1.51. The third-order valence-corrected chi connectivity index (χ3v) is 3.84. The molecule has 0 aliphatic carbocycles. The fraction of sp³-hybridized carbons (Fsp3) is 0.588. The molecule has 0 heterocycles. The van der Waals surface area contributed by atoms with E-state index in [2.05, 4.69) is 41.5 Å². The van der Waals surface area contributed by atoms with Crippen molar-refractivity contribution in [1.82, 2.24) is 0 Å². The van der Waals surface area contributed by atoms with Crippen LogP contribution in [0.2, 0.25) is 0 Å². The van der Waals surface area contributed by atoms with Crippen molar-refractivity contribution in [3.05, 3.63) is 29.3 Å². The lowest BCUT2D eigenvalue weighted by Gasteiger charge is -2.41. The molecular formula is C17H26O3. The second-order valence-corrected chi connectivity index (χ2v) is 7.64. The Labute approximate surface area is 121 Å². The number of aromatic carboxylic acids is 1. The predicted molar refractivity (Wildman–Crippen MR) is 81.2 cm³/mol. The maximum atomic E-state index is 11.1. The Balaban J connectivity index is 3.18. The van der Waals surface area contributed by atoms with E-state index in [1.807, 2.05) is 0 Å². The molecule has 0 aromatic heterocycles. The summed E-state index contributed by atoms with van der Waals surface area (Å²) >= 11 is 0. The van der Waals surface area contributed by atoms with Crippen LogP contribution >= 0.6 is 0 Å². The lowest BCUT2D eigenvalue weighted by molar-refractivity contribution is 0.0696. The number of hydrogen-bond donors (Lipinski definition) is 2. The molecule has 1 aromatic rings. The Kier molecular flexibility index (Phi) is 4.52. The SMILES string of the molecule is CC(C)(C)C(Cc1cc(C(=O)O)ccc1O)C(C)(C)C. The van der Waals surface area contributed by atoms with Gasteiger partial charge in [-0.15, -0.1) is 0 Å². The second kappa shape index (κ2) is 5.47. The molecule has 0 atom stereocenters. The highest BCUT2D eigenvalue weighted by atomic mass is 16.4. The first kappa shape index (κ1) is 16.5. The summed E-state index contributed by atoms with van der Waals surface area (Å²) in [4.78, 5) is 11.1. The van der Waals surface area contributed by atoms with E-state index in [1.165, 1.54) is 12.1 Å². The van der Waals surface area contributed by atoms with Crippen molar-refractivity contribution in [3.8, 4) is 5.75 Å². The number of carboxylic acids is 1. The van der Waals surface area contributed by atoms with E-state index < -0.39 is 5.97 Å². The van der Waals surface area contributed by atoms with Gasteiger partial charge in [0, 0.05) is 0 Å². The largest absolute Gasteiger partial charge is 0.508 e. The van der Waals surface area contributed by atoms with Gasteiger partial charge in [-0.3, -0.25) is 0 Å². The van der Waals surface area contributed by atoms with E-state index >= 15 is 0 Å². The zero-order valence-corrected chi connectivity index (χ0v) is 13.3. The van der Waals surface area contributed by atoms with Gasteiger partial charge in [-0.2, -0.15) is 0 Å². The number of phenolic OH excluding ortho intramolecular Hbond substituents is 1. The highest BCUT2D eigenvalue weighted by Gasteiger charge is 2.35. The number of benzene rings is 1. The first-order valence-corrected chi connectivity index (χ1v) is 6.98. The number of hydrogen-bond acceptors (Lipinski definition) is 2. The zero-order chi connectivity index (χ0) is 15.7. The standard InChI is InChI=1S/C17H26O3/c1-16(2,3)14(17(4,5)6)10-12-9-11(15(19)20)7-8-13(12)18/h7-9,14,18H,10H2,1-6H3,(H,19,20). The van der Waals surface area contributed by atoms with Crippen LogP contribution in [-0.2, 0) is 6.42 Å². The summed E-state index contributed by atoms with van der Waals surface area (Å²) in [6.45, 7) is 13.1. The summed E-state index contributed by atoms with van der Waals surface area (Å²) in [7, 11) is 0. The fourth-order valence-corrected chi connectivity index (χ4v) is 3.01. The summed E-state index contributed by atoms with van der Waals surface area (Å²) in [5.74, 6) is -0.465. The third-order valence-electron chi connectivity index (χ3n) is 3.84. The molecule has 1 aromatic carbocycles. The van der Waals surface area contributed by atoms with Gasteiger partial charge in [0.25, 0.3) is 0 Å². The van der Waals surface area contributed by atoms with Crippen molar-refractivity contribution >= 4 is 5.97 Å². The number of phenols is 1. The van der Waals surface area contributed by atoms with Crippen molar-refractivity contribution in [2.45, 2.75) is 48.0 Å². The molecule has 0 fully saturated rings. The van der Waals surface area contributed by atoms with Crippen LogP contribution in [0.1, 0.15) is 57.5 Å². The molecule has 2 N–H and O–H groups in total. The lowest BCUT2D eigenvalue weighted by atomic mass is 9.64. The molecule has 112 valence electrons. The van der Waals surface area contributed by atoms with Crippen LogP contribution < -0.4 is 0 Å². The van der Waals surface area contributed by atoms with Gasteiger partial charge in [0.2, 0.25) is 0 Å². The first-order chi connectivity index (χ1) is 8.93. The number of rotatable bonds is 3. The molecule has 0 unspecified atom stereocenters. The van der Waals surface area contributed by atoms with Gasteiger partial charge >= 0.3 is 5.97 Å². The maximum Gasteiger partial charge on any atom is 0.335 e. The summed E-state index contributed by atoms with van der Waals surface area (Å²) < 4.78 is 0. The molecule has 0 saturated heterocycles. The van der Waals surface area contributed by atoms with E-state index in [-0.39, 0.29) is 22.1 Å². The quantitative estimate of drug-likeness (QED) is 0.864. The van der Waals surface area contributed by atoms with Crippen LogP contribution in [0, 0.1) is 16.7 Å². The zero-order valence-electron chi connectivity index (χ0n) is 13.3. The molecule has 20 heavy (non-hydrogen) atoms. The first-order valence-electron chi connectivity index (χ1n) is 6.98. The van der Waals surface area contributed by atoms with Gasteiger partial charge in [-0.25, -0.2) is 4.79 Å². The van der Waals surface area contributed by atoms with Crippen LogP contribution in [0.4, 0.5) is 0 Å². The number of carbonyl (C=O) groups is 1. The molecule has 1 rings (SSSR count). The molecule has 0 saturated carbocycles. The Morgan fingerprint density at radius 2 is 1.60 bits per heavy atom. The Morgan fingerprint density at radius 1 is 1.10 bits per heavy atom. The van der Waals surface area contributed by atoms with E-state index in [0.717, 1.165) is 0 Å². The molecule has 0 radical (unpaired) electrons. The van der Waals surface area contributed by atoms with Crippen molar-refractivity contribution in [1.29, 1.82) is 0 Å². The summed E-state index contributed by atoms with van der Waals surface area (Å²) in [5, 5.41) is 19.1. The molecule has 0 bridgehead atoms. The summed E-state index contributed by atoms with van der Waals surface area (Å²) in [5.41, 5.74) is 1.08. The maximum absolute atomic E-state index is 11.1. The lowest BCUT2D eigenvalue weighted by Crippen LogP contribution is -2.34. The van der Waals surface area contributed by atoms with E-state index in [4.69, 9.17) is 5.11 Å². The molecule has 0 amide bonds. The Morgan fingerprint density at radius 3 is 2.00 bits per heavy atom. The molecule has 0 aliphatic heterocycles. The Bertz CT molecular complexity index is 476. The van der Waals surface area contributed by atoms with Gasteiger partial charge in [0.1, 0.15) is 5.75 Å². The molecular weight excluding hydrogens is 252 g/mol. The smallest absolute Gasteiger partial charge is 0.335 e. The van der Waals surface area contributed by atoms with Gasteiger partial charge in [0.15, 0.2) is 0 Å². The normalized spacial score (nSPS) is 12.8. The van der Waals surface area contributed by atoms with E-state index in [9.17, 15) is 9.90 Å².